The fourth-order valence-electron chi connectivity index (χ4n) is 3.05. The molecule has 1 aliphatic heterocycles. The van der Waals surface area contributed by atoms with Crippen LogP contribution in [0.25, 0.3) is 0 Å². The molecule has 0 unspecified atom stereocenters. The van der Waals surface area contributed by atoms with Crippen molar-refractivity contribution in [2.45, 2.75) is 39.5 Å². The van der Waals surface area contributed by atoms with Gasteiger partial charge in [0.05, 0.1) is 5.57 Å². The lowest BCUT2D eigenvalue weighted by Crippen LogP contribution is -2.39. The highest BCUT2D eigenvalue weighted by atomic mass is 16.3. The molecule has 6 nitrogen and oxygen atoms in total. The lowest BCUT2D eigenvalue weighted by Gasteiger charge is -2.28. The van der Waals surface area contributed by atoms with Gasteiger partial charge in [-0.1, -0.05) is 13.8 Å². The maximum Gasteiger partial charge on any atom is 0.226 e. The Morgan fingerprint density at radius 3 is 2.38 bits per heavy atom. The van der Waals surface area contributed by atoms with Crippen LogP contribution in [0.3, 0.4) is 0 Å². The standard InChI is InChI=1S/C15H20N2O4/c1-7-3-8(2)15(21)13(14(7)16)10(18)4-9-5-11(19)17-12(20)6-9/h7-9,16,21H,3-6H2,1-2H3,(H,17,19,20)/t7-,8+/m0/s1. The molecule has 6 heteroatoms. The molecule has 1 aliphatic carbocycles. The summed E-state index contributed by atoms with van der Waals surface area (Å²) in [4.78, 5) is 35.0. The second-order valence-corrected chi connectivity index (χ2v) is 6.08. The molecule has 2 aliphatic rings. The lowest BCUT2D eigenvalue weighted by molar-refractivity contribution is -0.135. The fraction of sp³-hybridized carbons (Fsp3) is 0.600. The smallest absolute Gasteiger partial charge is 0.226 e. The Kier molecular flexibility index (Phi) is 4.25. The van der Waals surface area contributed by atoms with E-state index < -0.39 is 0 Å². The molecule has 2 amide bonds. The molecule has 0 bridgehead atoms. The molecule has 0 radical (unpaired) electrons. The predicted octanol–water partition coefficient (Wildman–Crippen LogP) is 1.51. The van der Waals surface area contributed by atoms with Gasteiger partial charge in [0.25, 0.3) is 0 Å². The van der Waals surface area contributed by atoms with Gasteiger partial charge in [0.15, 0.2) is 5.78 Å². The van der Waals surface area contributed by atoms with Crippen LogP contribution < -0.4 is 5.32 Å². The van der Waals surface area contributed by atoms with Crippen molar-refractivity contribution < 1.29 is 19.5 Å². The number of nitrogens with one attached hydrogen (secondary N) is 2. The molecule has 0 spiro atoms. The molecule has 21 heavy (non-hydrogen) atoms. The molecule has 114 valence electrons. The molecule has 1 fully saturated rings. The SMILES string of the molecule is C[C@@H]1C[C@H](C)C(=N)C(C(=O)CC2CC(=O)NC(=O)C2)=C1O. The molecular formula is C15H20N2O4. The van der Waals surface area contributed by atoms with E-state index in [1.165, 1.54) is 0 Å². The van der Waals surface area contributed by atoms with Crippen molar-refractivity contribution in [2.24, 2.45) is 17.8 Å². The number of carbonyl (C=O) groups excluding carboxylic acids is 3. The normalized spacial score (nSPS) is 27.8. The largest absolute Gasteiger partial charge is 0.511 e. The zero-order valence-electron chi connectivity index (χ0n) is 12.2. The number of aliphatic hydroxyl groups excluding tert-OH is 1. The quantitative estimate of drug-likeness (QED) is 0.685. The summed E-state index contributed by atoms with van der Waals surface area (Å²) in [5, 5.41) is 20.3. The summed E-state index contributed by atoms with van der Waals surface area (Å²) in [6.07, 6.45) is 0.917. The van der Waals surface area contributed by atoms with E-state index in [2.05, 4.69) is 5.32 Å². The third kappa shape index (κ3) is 3.20. The monoisotopic (exact) mass is 292 g/mol. The molecule has 1 saturated heterocycles. The van der Waals surface area contributed by atoms with Gasteiger partial charge >= 0.3 is 0 Å². The molecule has 2 rings (SSSR count). The van der Waals surface area contributed by atoms with Gasteiger partial charge in [0.1, 0.15) is 5.76 Å². The number of hydrogen-bond donors (Lipinski definition) is 3. The Labute approximate surface area is 123 Å². The van der Waals surface area contributed by atoms with Gasteiger partial charge in [-0.25, -0.2) is 0 Å². The molecule has 1 heterocycles. The first-order valence-corrected chi connectivity index (χ1v) is 7.17. The Morgan fingerprint density at radius 2 is 1.81 bits per heavy atom. The number of Topliss-reactive ketones (excluding diaryl/α,β-unsaturated/α-hetero) is 1. The van der Waals surface area contributed by atoms with E-state index in [1.807, 2.05) is 13.8 Å². The van der Waals surface area contributed by atoms with Crippen LogP contribution in [0.1, 0.15) is 39.5 Å². The van der Waals surface area contributed by atoms with E-state index in [4.69, 9.17) is 5.41 Å². The van der Waals surface area contributed by atoms with E-state index in [-0.39, 0.29) is 71.7 Å². The van der Waals surface area contributed by atoms with Crippen LogP contribution in [0.2, 0.25) is 0 Å². The highest BCUT2D eigenvalue weighted by Gasteiger charge is 2.34. The van der Waals surface area contributed by atoms with Crippen molar-refractivity contribution in [1.29, 1.82) is 5.41 Å². The van der Waals surface area contributed by atoms with E-state index in [9.17, 15) is 19.5 Å². The number of allylic oxidation sites excluding steroid dienone is 2. The maximum atomic E-state index is 12.4. The predicted molar refractivity (Wildman–Crippen MR) is 75.8 cm³/mol. The Hall–Kier alpha value is -1.98. The van der Waals surface area contributed by atoms with Crippen molar-refractivity contribution in [1.82, 2.24) is 5.32 Å². The minimum atomic E-state index is -0.372. The topological polar surface area (TPSA) is 107 Å². The van der Waals surface area contributed by atoms with Gasteiger partial charge in [0.2, 0.25) is 11.8 Å². The van der Waals surface area contributed by atoms with Crippen LogP contribution in [-0.2, 0) is 14.4 Å². The van der Waals surface area contributed by atoms with Crippen molar-refractivity contribution in [2.75, 3.05) is 0 Å². The highest BCUT2D eigenvalue weighted by molar-refractivity contribution is 6.22. The maximum absolute atomic E-state index is 12.4. The van der Waals surface area contributed by atoms with Crippen molar-refractivity contribution in [3.8, 4) is 0 Å². The second-order valence-electron chi connectivity index (χ2n) is 6.08. The van der Waals surface area contributed by atoms with Gasteiger partial charge in [-0.15, -0.1) is 0 Å². The summed E-state index contributed by atoms with van der Waals surface area (Å²) in [5.41, 5.74) is 0.238. The summed E-state index contributed by atoms with van der Waals surface area (Å²) in [7, 11) is 0. The Bertz CT molecular complexity index is 534. The van der Waals surface area contributed by atoms with E-state index in [1.54, 1.807) is 0 Å². The second kappa shape index (κ2) is 5.79. The van der Waals surface area contributed by atoms with Crippen LogP contribution in [0.15, 0.2) is 11.3 Å². The molecule has 0 aromatic heterocycles. The zero-order chi connectivity index (χ0) is 15.7. The third-order valence-corrected chi connectivity index (χ3v) is 4.17. The molecule has 3 N–H and O–H groups in total. The summed E-state index contributed by atoms with van der Waals surface area (Å²) >= 11 is 0. The summed E-state index contributed by atoms with van der Waals surface area (Å²) in [5.74, 6) is -1.70. The van der Waals surface area contributed by atoms with Gasteiger partial charge in [-0.2, -0.15) is 0 Å². The van der Waals surface area contributed by atoms with Crippen LogP contribution in [0, 0.1) is 23.2 Å². The van der Waals surface area contributed by atoms with Crippen molar-refractivity contribution >= 4 is 23.3 Å². The number of hydrogen-bond acceptors (Lipinski definition) is 5. The zero-order valence-corrected chi connectivity index (χ0v) is 12.2. The first-order chi connectivity index (χ1) is 9.79. The van der Waals surface area contributed by atoms with Gasteiger partial charge in [-0.3, -0.25) is 19.7 Å². The first kappa shape index (κ1) is 15.4. The molecular weight excluding hydrogens is 272 g/mol. The summed E-state index contributed by atoms with van der Waals surface area (Å²) in [6, 6.07) is 0. The van der Waals surface area contributed by atoms with Crippen LogP contribution >= 0.6 is 0 Å². The van der Waals surface area contributed by atoms with Crippen LogP contribution in [0.4, 0.5) is 0 Å². The fourth-order valence-corrected chi connectivity index (χ4v) is 3.05. The Morgan fingerprint density at radius 1 is 1.24 bits per heavy atom. The minimum Gasteiger partial charge on any atom is -0.511 e. The first-order valence-electron chi connectivity index (χ1n) is 7.17. The number of aliphatic hydroxyl groups is 1. The molecule has 0 aromatic carbocycles. The highest BCUT2D eigenvalue weighted by Crippen LogP contribution is 2.32. The average molecular weight is 292 g/mol. The van der Waals surface area contributed by atoms with Crippen LogP contribution in [0.5, 0.6) is 0 Å². The molecule has 2 atom stereocenters. The summed E-state index contributed by atoms with van der Waals surface area (Å²) < 4.78 is 0. The van der Waals surface area contributed by atoms with Crippen LogP contribution in [-0.4, -0.2) is 28.4 Å². The number of piperidine rings is 1. The number of amides is 2. The van der Waals surface area contributed by atoms with E-state index in [0.717, 1.165) is 0 Å². The molecule has 0 saturated carbocycles. The van der Waals surface area contributed by atoms with Gasteiger partial charge in [0, 0.05) is 30.9 Å². The van der Waals surface area contributed by atoms with Crippen molar-refractivity contribution in [3.05, 3.63) is 11.3 Å². The summed E-state index contributed by atoms with van der Waals surface area (Å²) in [6.45, 7) is 3.68. The number of rotatable bonds is 3. The lowest BCUT2D eigenvalue weighted by atomic mass is 9.77. The van der Waals surface area contributed by atoms with E-state index in [0.29, 0.717) is 6.42 Å². The minimum absolute atomic E-state index is 0.0143. The Balaban J connectivity index is 2.15. The van der Waals surface area contributed by atoms with Gasteiger partial charge in [-0.05, 0) is 18.3 Å². The number of ketones is 1. The average Bonchev–Trinajstić information content (AvgIpc) is 2.35. The van der Waals surface area contributed by atoms with E-state index >= 15 is 0 Å². The number of imide groups is 1. The van der Waals surface area contributed by atoms with Crippen molar-refractivity contribution in [3.63, 3.8) is 0 Å². The van der Waals surface area contributed by atoms with Gasteiger partial charge < -0.3 is 10.5 Å². The third-order valence-electron chi connectivity index (χ3n) is 4.17. The number of carbonyl (C=O) groups is 3. The molecule has 0 aromatic rings.